The van der Waals surface area contributed by atoms with E-state index < -0.39 is 11.7 Å². The van der Waals surface area contributed by atoms with Crippen LogP contribution in [0.4, 0.5) is 13.2 Å². The maximum Gasteiger partial charge on any atom is 0.416 e. The lowest BCUT2D eigenvalue weighted by Gasteiger charge is -2.22. The highest BCUT2D eigenvalue weighted by Crippen LogP contribution is 2.29. The SMILES string of the molecule is FC(F)(F)c1ccc(CON=C(Cc2ccc(CCC(=S)NCC3CCCCC3)cc2)c2ccccc2)cc1. The smallest absolute Gasteiger partial charge is 0.391 e. The summed E-state index contributed by atoms with van der Waals surface area (Å²) in [5.41, 5.74) is 3.96. The first kappa shape index (κ1) is 28.8. The van der Waals surface area contributed by atoms with Gasteiger partial charge in [-0.05, 0) is 59.6 Å². The third kappa shape index (κ3) is 9.50. The van der Waals surface area contributed by atoms with E-state index in [9.17, 15) is 13.2 Å². The number of thiocarbonyl (C=S) groups is 1. The van der Waals surface area contributed by atoms with E-state index in [0.29, 0.717) is 12.0 Å². The minimum absolute atomic E-state index is 0.0854. The van der Waals surface area contributed by atoms with Crippen LogP contribution in [0.15, 0.2) is 84.0 Å². The number of hydrogen-bond donors (Lipinski definition) is 1. The number of alkyl halides is 3. The summed E-state index contributed by atoms with van der Waals surface area (Å²) in [7, 11) is 0. The number of halogens is 3. The fourth-order valence-corrected chi connectivity index (χ4v) is 4.99. The van der Waals surface area contributed by atoms with Crippen LogP contribution >= 0.6 is 12.2 Å². The number of nitrogens with zero attached hydrogens (tertiary/aromatic N) is 1. The zero-order chi connectivity index (χ0) is 27.5. The molecule has 0 amide bonds. The van der Waals surface area contributed by atoms with Crippen molar-refractivity contribution < 1.29 is 18.0 Å². The zero-order valence-electron chi connectivity index (χ0n) is 22.1. The van der Waals surface area contributed by atoms with E-state index in [-0.39, 0.29) is 6.61 Å². The van der Waals surface area contributed by atoms with Crippen molar-refractivity contribution in [3.8, 4) is 0 Å². The Morgan fingerprint density at radius 1 is 0.846 bits per heavy atom. The molecule has 1 saturated carbocycles. The molecule has 3 nitrogen and oxygen atoms in total. The van der Waals surface area contributed by atoms with Gasteiger partial charge in [0.05, 0.1) is 16.3 Å². The second kappa shape index (κ2) is 14.3. The third-order valence-electron chi connectivity index (χ3n) is 7.14. The average molecular weight is 553 g/mol. The first-order valence-corrected chi connectivity index (χ1v) is 14.0. The summed E-state index contributed by atoms with van der Waals surface area (Å²) in [5, 5.41) is 7.84. The summed E-state index contributed by atoms with van der Waals surface area (Å²) < 4.78 is 38.4. The second-order valence-electron chi connectivity index (χ2n) is 10.2. The van der Waals surface area contributed by atoms with Crippen molar-refractivity contribution in [2.24, 2.45) is 11.1 Å². The van der Waals surface area contributed by atoms with Gasteiger partial charge in [0.2, 0.25) is 0 Å². The van der Waals surface area contributed by atoms with Crippen LogP contribution in [0.5, 0.6) is 0 Å². The summed E-state index contributed by atoms with van der Waals surface area (Å²) in [6, 6.07) is 23.2. The average Bonchev–Trinajstić information content (AvgIpc) is 2.96. The molecule has 0 unspecified atom stereocenters. The van der Waals surface area contributed by atoms with Crippen LogP contribution in [0.1, 0.15) is 66.3 Å². The van der Waals surface area contributed by atoms with Gasteiger partial charge >= 0.3 is 6.18 Å². The molecule has 0 radical (unpaired) electrons. The van der Waals surface area contributed by atoms with Crippen molar-refractivity contribution in [2.75, 3.05) is 6.54 Å². The molecule has 206 valence electrons. The van der Waals surface area contributed by atoms with Crippen molar-refractivity contribution >= 4 is 22.9 Å². The molecule has 39 heavy (non-hydrogen) atoms. The van der Waals surface area contributed by atoms with Gasteiger partial charge in [-0.15, -0.1) is 0 Å². The topological polar surface area (TPSA) is 33.6 Å². The van der Waals surface area contributed by atoms with Gasteiger partial charge in [-0.1, -0.05) is 103 Å². The molecule has 0 atom stereocenters. The highest BCUT2D eigenvalue weighted by atomic mass is 32.1. The van der Waals surface area contributed by atoms with Gasteiger partial charge in [-0.2, -0.15) is 13.2 Å². The molecule has 1 fully saturated rings. The molecular formula is C32H35F3N2OS. The van der Waals surface area contributed by atoms with Crippen LogP contribution < -0.4 is 5.32 Å². The summed E-state index contributed by atoms with van der Waals surface area (Å²) in [4.78, 5) is 6.51. The van der Waals surface area contributed by atoms with Crippen molar-refractivity contribution in [1.29, 1.82) is 0 Å². The second-order valence-corrected chi connectivity index (χ2v) is 10.7. The Bertz CT molecular complexity index is 1200. The van der Waals surface area contributed by atoms with Crippen LogP contribution in [0.2, 0.25) is 0 Å². The third-order valence-corrected chi connectivity index (χ3v) is 7.49. The van der Waals surface area contributed by atoms with Crippen LogP contribution in [0.25, 0.3) is 0 Å². The molecule has 0 heterocycles. The van der Waals surface area contributed by atoms with Gasteiger partial charge in [-0.3, -0.25) is 0 Å². The quantitative estimate of drug-likeness (QED) is 0.148. The number of hydrogen-bond acceptors (Lipinski definition) is 3. The Morgan fingerprint density at radius 3 is 2.15 bits per heavy atom. The minimum Gasteiger partial charge on any atom is -0.391 e. The molecule has 7 heteroatoms. The summed E-state index contributed by atoms with van der Waals surface area (Å²) >= 11 is 5.57. The van der Waals surface area contributed by atoms with Gasteiger partial charge in [0, 0.05) is 19.4 Å². The normalized spacial score (nSPS) is 14.7. The van der Waals surface area contributed by atoms with Crippen molar-refractivity contribution in [1.82, 2.24) is 5.32 Å². The zero-order valence-corrected chi connectivity index (χ0v) is 22.9. The first-order chi connectivity index (χ1) is 18.9. The predicted molar refractivity (Wildman–Crippen MR) is 155 cm³/mol. The van der Waals surface area contributed by atoms with E-state index in [0.717, 1.165) is 59.3 Å². The lowest BCUT2D eigenvalue weighted by Crippen LogP contribution is -2.29. The number of rotatable bonds is 11. The highest BCUT2D eigenvalue weighted by Gasteiger charge is 2.29. The van der Waals surface area contributed by atoms with Crippen molar-refractivity contribution in [2.45, 2.75) is 64.1 Å². The first-order valence-electron chi connectivity index (χ1n) is 13.6. The number of aryl methyl sites for hydroxylation is 1. The summed E-state index contributed by atoms with van der Waals surface area (Å²) in [6.45, 7) is 1.09. The molecule has 3 aromatic rings. The van der Waals surface area contributed by atoms with Gasteiger partial charge in [0.15, 0.2) is 0 Å². The van der Waals surface area contributed by atoms with E-state index in [2.05, 4.69) is 34.7 Å². The van der Waals surface area contributed by atoms with E-state index in [4.69, 9.17) is 17.1 Å². The maximum atomic E-state index is 12.8. The van der Waals surface area contributed by atoms with Gasteiger partial charge in [-0.25, -0.2) is 0 Å². The van der Waals surface area contributed by atoms with Gasteiger partial charge < -0.3 is 10.2 Å². The van der Waals surface area contributed by atoms with E-state index in [1.54, 1.807) is 0 Å². The Kier molecular flexibility index (Phi) is 10.5. The molecule has 0 aliphatic heterocycles. The molecule has 3 aromatic carbocycles. The molecule has 0 aromatic heterocycles. The molecule has 1 N–H and O–H groups in total. The standard InChI is InChI=1S/C32H35F3N2OS/c33-32(34,35)29-18-15-27(16-19-29)23-38-37-30(28-9-5-2-6-10-28)21-25-13-11-24(12-14-25)17-20-31(39)36-22-26-7-3-1-4-8-26/h2,5-6,9-16,18-19,26H,1,3-4,7-8,17,20-23H2,(H,36,39). The van der Waals surface area contributed by atoms with Gasteiger partial charge in [0.1, 0.15) is 6.61 Å². The number of nitrogens with one attached hydrogen (secondary N) is 1. The molecule has 4 rings (SSSR count). The molecular weight excluding hydrogens is 517 g/mol. The summed E-state index contributed by atoms with van der Waals surface area (Å²) in [6.07, 6.45) is 4.62. The number of oxime groups is 1. The lowest BCUT2D eigenvalue weighted by molar-refractivity contribution is -0.137. The molecule has 1 aliphatic rings. The Balaban J connectivity index is 1.31. The predicted octanol–water partition coefficient (Wildman–Crippen LogP) is 8.30. The summed E-state index contributed by atoms with van der Waals surface area (Å²) in [5.74, 6) is 0.760. The lowest BCUT2D eigenvalue weighted by atomic mass is 9.89. The van der Waals surface area contributed by atoms with Gasteiger partial charge in [0.25, 0.3) is 0 Å². The van der Waals surface area contributed by atoms with Crippen LogP contribution in [-0.4, -0.2) is 17.2 Å². The molecule has 0 spiro atoms. The van der Waals surface area contributed by atoms with Crippen molar-refractivity contribution in [3.63, 3.8) is 0 Å². The van der Waals surface area contributed by atoms with E-state index in [1.807, 2.05) is 30.3 Å². The molecule has 0 saturated heterocycles. The van der Waals surface area contributed by atoms with Crippen LogP contribution in [0, 0.1) is 5.92 Å². The van der Waals surface area contributed by atoms with E-state index in [1.165, 1.54) is 49.8 Å². The molecule has 1 aliphatic carbocycles. The van der Waals surface area contributed by atoms with Crippen LogP contribution in [-0.2, 0) is 30.5 Å². The fraction of sp³-hybridized carbons (Fsp3) is 0.375. The fourth-order valence-electron chi connectivity index (χ4n) is 4.81. The Labute approximate surface area is 234 Å². The Morgan fingerprint density at radius 2 is 1.49 bits per heavy atom. The highest BCUT2D eigenvalue weighted by molar-refractivity contribution is 7.80. The van der Waals surface area contributed by atoms with Crippen LogP contribution in [0.3, 0.4) is 0 Å². The van der Waals surface area contributed by atoms with E-state index >= 15 is 0 Å². The minimum atomic E-state index is -4.36. The maximum absolute atomic E-state index is 12.8. The largest absolute Gasteiger partial charge is 0.416 e. The molecule has 0 bridgehead atoms. The Hall–Kier alpha value is -3.19. The number of benzene rings is 3. The van der Waals surface area contributed by atoms with Crippen molar-refractivity contribution in [3.05, 3.63) is 107 Å². The monoisotopic (exact) mass is 552 g/mol.